The summed E-state index contributed by atoms with van der Waals surface area (Å²) in [6.45, 7) is 6.79. The molecule has 2 unspecified atom stereocenters. The number of nitrogens with zero attached hydrogens (tertiary/aromatic N) is 1. The second-order valence-corrected chi connectivity index (χ2v) is 6.63. The fourth-order valence-electron chi connectivity index (χ4n) is 3.37. The van der Waals surface area contributed by atoms with Crippen LogP contribution in [0.1, 0.15) is 51.5 Å². The lowest BCUT2D eigenvalue weighted by Gasteiger charge is -2.44. The molecule has 0 spiro atoms. The Morgan fingerprint density at radius 2 is 1.80 bits per heavy atom. The number of rotatable bonds is 5. The predicted octanol–water partition coefficient (Wildman–Crippen LogP) is 4.17. The maximum Gasteiger partial charge on any atom is 0.0538 e. The van der Waals surface area contributed by atoms with Crippen molar-refractivity contribution in [3.63, 3.8) is 0 Å². The molecule has 0 bridgehead atoms. The van der Waals surface area contributed by atoms with Gasteiger partial charge in [-0.1, -0.05) is 43.5 Å². The molecule has 20 heavy (non-hydrogen) atoms. The first-order chi connectivity index (χ1) is 9.55. The van der Waals surface area contributed by atoms with Crippen molar-refractivity contribution in [2.75, 3.05) is 13.1 Å². The molecule has 1 heterocycles. The Morgan fingerprint density at radius 1 is 1.20 bits per heavy atom. The molecule has 0 saturated carbocycles. The van der Waals surface area contributed by atoms with Crippen LogP contribution in [-0.4, -0.2) is 24.0 Å². The predicted molar refractivity (Wildman–Crippen MR) is 87.1 cm³/mol. The molecule has 112 valence electrons. The molecule has 3 heteroatoms. The summed E-state index contributed by atoms with van der Waals surface area (Å²) in [7, 11) is 0. The zero-order chi connectivity index (χ0) is 14.6. The number of nitrogens with two attached hydrogens (primary N) is 1. The standard InChI is InChI=1S/C17H27ClN2/c1-3-7-16(20-12-5-4-6-13-20)17(2,19)14-8-10-15(18)11-9-14/h8-11,16H,3-7,12-13,19H2,1-2H3. The molecule has 0 radical (unpaired) electrons. The van der Waals surface area contributed by atoms with Crippen molar-refractivity contribution in [2.45, 2.75) is 57.5 Å². The smallest absolute Gasteiger partial charge is 0.0538 e. The van der Waals surface area contributed by atoms with Gasteiger partial charge in [0, 0.05) is 11.1 Å². The van der Waals surface area contributed by atoms with Crippen LogP contribution in [0, 0.1) is 0 Å². The normalized spacial score (nSPS) is 21.4. The molecular formula is C17H27ClN2. The van der Waals surface area contributed by atoms with Gasteiger partial charge in [-0.2, -0.15) is 0 Å². The highest BCUT2D eigenvalue weighted by molar-refractivity contribution is 6.30. The fraction of sp³-hybridized carbons (Fsp3) is 0.647. The molecule has 0 aromatic heterocycles. The van der Waals surface area contributed by atoms with Gasteiger partial charge in [0.25, 0.3) is 0 Å². The van der Waals surface area contributed by atoms with Crippen LogP contribution in [-0.2, 0) is 5.54 Å². The molecule has 2 atom stereocenters. The molecule has 1 aromatic rings. The van der Waals surface area contributed by atoms with Crippen molar-refractivity contribution in [2.24, 2.45) is 5.73 Å². The summed E-state index contributed by atoms with van der Waals surface area (Å²) in [4.78, 5) is 2.60. The van der Waals surface area contributed by atoms with Crippen LogP contribution in [0.15, 0.2) is 24.3 Å². The summed E-state index contributed by atoms with van der Waals surface area (Å²) >= 11 is 6.00. The average molecular weight is 295 g/mol. The summed E-state index contributed by atoms with van der Waals surface area (Å²) < 4.78 is 0. The third-order valence-corrected chi connectivity index (χ3v) is 4.80. The van der Waals surface area contributed by atoms with Crippen LogP contribution in [0.5, 0.6) is 0 Å². The molecule has 1 aromatic carbocycles. The number of benzene rings is 1. The second-order valence-electron chi connectivity index (χ2n) is 6.19. The maximum atomic E-state index is 6.76. The van der Waals surface area contributed by atoms with Crippen LogP contribution in [0.25, 0.3) is 0 Å². The molecule has 1 aliphatic heterocycles. The fourth-order valence-corrected chi connectivity index (χ4v) is 3.49. The number of piperidine rings is 1. The van der Waals surface area contributed by atoms with E-state index in [0.29, 0.717) is 6.04 Å². The molecule has 1 aliphatic rings. The summed E-state index contributed by atoms with van der Waals surface area (Å²) in [6, 6.07) is 8.46. The Hall–Kier alpha value is -0.570. The summed E-state index contributed by atoms with van der Waals surface area (Å²) in [5.41, 5.74) is 7.63. The Bertz CT molecular complexity index is 408. The van der Waals surface area contributed by atoms with Crippen LogP contribution in [0.2, 0.25) is 5.02 Å². The first kappa shape index (κ1) is 15.8. The highest BCUT2D eigenvalue weighted by Crippen LogP contribution is 2.31. The van der Waals surface area contributed by atoms with Gasteiger partial charge in [-0.15, -0.1) is 0 Å². The minimum atomic E-state index is -0.321. The van der Waals surface area contributed by atoms with E-state index in [2.05, 4.69) is 30.9 Å². The lowest BCUT2D eigenvalue weighted by atomic mass is 9.81. The molecule has 2 rings (SSSR count). The quantitative estimate of drug-likeness (QED) is 0.883. The third-order valence-electron chi connectivity index (χ3n) is 4.55. The van der Waals surface area contributed by atoms with Crippen molar-refractivity contribution in [3.05, 3.63) is 34.9 Å². The van der Waals surface area contributed by atoms with E-state index in [-0.39, 0.29) is 5.54 Å². The monoisotopic (exact) mass is 294 g/mol. The van der Waals surface area contributed by atoms with Gasteiger partial charge in [0.05, 0.1) is 5.54 Å². The van der Waals surface area contributed by atoms with E-state index in [4.69, 9.17) is 17.3 Å². The third kappa shape index (κ3) is 3.55. The average Bonchev–Trinajstić information content (AvgIpc) is 2.46. The van der Waals surface area contributed by atoms with Gasteiger partial charge >= 0.3 is 0 Å². The zero-order valence-corrected chi connectivity index (χ0v) is 13.5. The minimum absolute atomic E-state index is 0.321. The molecule has 1 fully saturated rings. The molecule has 2 N–H and O–H groups in total. The number of hydrogen-bond acceptors (Lipinski definition) is 2. The number of halogens is 1. The van der Waals surface area contributed by atoms with Crippen LogP contribution >= 0.6 is 11.6 Å². The molecule has 2 nitrogen and oxygen atoms in total. The Kier molecular flexibility index (Phi) is 5.48. The van der Waals surface area contributed by atoms with E-state index in [9.17, 15) is 0 Å². The highest BCUT2D eigenvalue weighted by Gasteiger charge is 2.35. The van der Waals surface area contributed by atoms with Crippen molar-refractivity contribution >= 4 is 11.6 Å². The maximum absolute atomic E-state index is 6.76. The van der Waals surface area contributed by atoms with Crippen molar-refractivity contribution in [1.82, 2.24) is 4.90 Å². The summed E-state index contributed by atoms with van der Waals surface area (Å²) in [6.07, 6.45) is 6.28. The van der Waals surface area contributed by atoms with E-state index in [1.807, 2.05) is 12.1 Å². The lowest BCUT2D eigenvalue weighted by molar-refractivity contribution is 0.0962. The van der Waals surface area contributed by atoms with Gasteiger partial charge in [0.15, 0.2) is 0 Å². The van der Waals surface area contributed by atoms with E-state index in [1.165, 1.54) is 44.3 Å². The van der Waals surface area contributed by atoms with E-state index in [0.717, 1.165) is 11.4 Å². The van der Waals surface area contributed by atoms with Crippen LogP contribution in [0.4, 0.5) is 0 Å². The Balaban J connectivity index is 2.23. The van der Waals surface area contributed by atoms with Crippen molar-refractivity contribution in [1.29, 1.82) is 0 Å². The zero-order valence-electron chi connectivity index (χ0n) is 12.7. The van der Waals surface area contributed by atoms with Crippen molar-refractivity contribution < 1.29 is 0 Å². The second kappa shape index (κ2) is 6.93. The molecule has 0 amide bonds. The molecular weight excluding hydrogens is 268 g/mol. The first-order valence-electron chi connectivity index (χ1n) is 7.84. The minimum Gasteiger partial charge on any atom is -0.320 e. The summed E-state index contributed by atoms with van der Waals surface area (Å²) in [5.74, 6) is 0. The number of hydrogen-bond donors (Lipinski definition) is 1. The van der Waals surface area contributed by atoms with Gasteiger partial charge in [0.2, 0.25) is 0 Å². The van der Waals surface area contributed by atoms with Gasteiger partial charge in [-0.05, 0) is 57.0 Å². The van der Waals surface area contributed by atoms with E-state index < -0.39 is 0 Å². The van der Waals surface area contributed by atoms with Crippen molar-refractivity contribution in [3.8, 4) is 0 Å². The van der Waals surface area contributed by atoms with Gasteiger partial charge in [-0.3, -0.25) is 4.90 Å². The largest absolute Gasteiger partial charge is 0.320 e. The molecule has 0 aliphatic carbocycles. The van der Waals surface area contributed by atoms with Gasteiger partial charge in [-0.25, -0.2) is 0 Å². The van der Waals surface area contributed by atoms with Crippen LogP contribution < -0.4 is 5.73 Å². The molecule has 1 saturated heterocycles. The van der Waals surface area contributed by atoms with Gasteiger partial charge < -0.3 is 5.73 Å². The highest BCUT2D eigenvalue weighted by atomic mass is 35.5. The van der Waals surface area contributed by atoms with Gasteiger partial charge in [0.1, 0.15) is 0 Å². The lowest BCUT2D eigenvalue weighted by Crippen LogP contribution is -2.55. The SMILES string of the molecule is CCCC(N1CCCCC1)C(C)(N)c1ccc(Cl)cc1. The summed E-state index contributed by atoms with van der Waals surface area (Å²) in [5, 5.41) is 0.773. The number of likely N-dealkylation sites (tertiary alicyclic amines) is 1. The Morgan fingerprint density at radius 3 is 2.35 bits per heavy atom. The topological polar surface area (TPSA) is 29.3 Å². The first-order valence-corrected chi connectivity index (χ1v) is 8.22. The van der Waals surface area contributed by atoms with Crippen LogP contribution in [0.3, 0.4) is 0 Å². The van der Waals surface area contributed by atoms with E-state index in [1.54, 1.807) is 0 Å². The van der Waals surface area contributed by atoms with E-state index >= 15 is 0 Å². The Labute approximate surface area is 128 Å².